The van der Waals surface area contributed by atoms with Gasteiger partial charge in [-0.05, 0) is 33.6 Å². The molecule has 0 atom stereocenters. The fourth-order valence-corrected chi connectivity index (χ4v) is 2.10. The molecule has 7 heteroatoms. The monoisotopic (exact) mass is 354 g/mol. The second kappa shape index (κ2) is 7.64. The Morgan fingerprint density at radius 1 is 1.35 bits per heavy atom. The topological polar surface area (TPSA) is 35.5 Å². The average Bonchev–Trinajstić information content (AvgIpc) is 2.34. The summed E-state index contributed by atoms with van der Waals surface area (Å²) in [6.07, 6.45) is -4.25. The molecule has 0 bridgehead atoms. The van der Waals surface area contributed by atoms with Gasteiger partial charge < -0.3 is 9.47 Å². The van der Waals surface area contributed by atoms with Crippen molar-refractivity contribution >= 4 is 21.7 Å². The number of ketones is 1. The van der Waals surface area contributed by atoms with Crippen molar-refractivity contribution in [2.24, 2.45) is 0 Å². The maximum atomic E-state index is 11.8. The van der Waals surface area contributed by atoms with Crippen molar-refractivity contribution in [3.8, 4) is 5.75 Å². The second-order valence-electron chi connectivity index (χ2n) is 4.10. The zero-order chi connectivity index (χ0) is 15.2. The fourth-order valence-electron chi connectivity index (χ4n) is 1.51. The largest absolute Gasteiger partial charge is 0.496 e. The fraction of sp³-hybridized carbons (Fsp3) is 0.462. The molecule has 0 unspecified atom stereocenters. The Kier molecular flexibility index (Phi) is 6.48. The van der Waals surface area contributed by atoms with Gasteiger partial charge in [0.2, 0.25) is 0 Å². The molecule has 0 N–H and O–H groups in total. The lowest BCUT2D eigenvalue weighted by Crippen LogP contribution is -2.18. The minimum absolute atomic E-state index is 0.0419. The summed E-state index contributed by atoms with van der Waals surface area (Å²) < 4.78 is 45.6. The maximum absolute atomic E-state index is 11.8. The molecule has 3 nitrogen and oxygen atoms in total. The van der Waals surface area contributed by atoms with Crippen molar-refractivity contribution in [1.29, 1.82) is 0 Å². The van der Waals surface area contributed by atoms with E-state index < -0.39 is 12.8 Å². The first-order chi connectivity index (χ1) is 9.31. The van der Waals surface area contributed by atoms with E-state index in [2.05, 4.69) is 20.7 Å². The third-order valence-electron chi connectivity index (χ3n) is 2.41. The highest BCUT2D eigenvalue weighted by molar-refractivity contribution is 9.10. The molecule has 0 amide bonds. The first kappa shape index (κ1) is 17.0. The van der Waals surface area contributed by atoms with Gasteiger partial charge in [-0.15, -0.1) is 0 Å². The van der Waals surface area contributed by atoms with Crippen LogP contribution in [0.2, 0.25) is 0 Å². The zero-order valence-corrected chi connectivity index (χ0v) is 12.4. The molecule has 0 saturated heterocycles. The minimum Gasteiger partial charge on any atom is -0.496 e. The molecule has 0 saturated carbocycles. The first-order valence-corrected chi connectivity index (χ1v) is 6.60. The highest BCUT2D eigenvalue weighted by Gasteiger charge is 2.27. The maximum Gasteiger partial charge on any atom is 0.411 e. The molecule has 0 aliphatic heterocycles. The van der Waals surface area contributed by atoms with Crippen LogP contribution in [-0.2, 0) is 16.0 Å². The number of hydrogen-bond acceptors (Lipinski definition) is 3. The van der Waals surface area contributed by atoms with Crippen LogP contribution < -0.4 is 4.74 Å². The Bertz CT molecular complexity index is 461. The zero-order valence-electron chi connectivity index (χ0n) is 10.8. The molecular weight excluding hydrogens is 341 g/mol. The normalized spacial score (nSPS) is 11.4. The van der Waals surface area contributed by atoms with Crippen LogP contribution in [0.1, 0.15) is 12.0 Å². The molecule has 0 aromatic heterocycles. The number of carbonyl (C=O) groups is 1. The van der Waals surface area contributed by atoms with Crippen LogP contribution in [-0.4, -0.2) is 32.3 Å². The Labute approximate surface area is 123 Å². The van der Waals surface area contributed by atoms with Crippen molar-refractivity contribution in [3.63, 3.8) is 0 Å². The lowest BCUT2D eigenvalue weighted by atomic mass is 10.1. The predicted molar refractivity (Wildman–Crippen MR) is 70.9 cm³/mol. The van der Waals surface area contributed by atoms with E-state index in [1.807, 2.05) is 0 Å². The Morgan fingerprint density at radius 2 is 2.05 bits per heavy atom. The number of methoxy groups -OCH3 is 1. The van der Waals surface area contributed by atoms with Gasteiger partial charge in [0.1, 0.15) is 18.1 Å². The van der Waals surface area contributed by atoms with E-state index >= 15 is 0 Å². The van der Waals surface area contributed by atoms with E-state index in [1.165, 1.54) is 7.11 Å². The number of benzene rings is 1. The summed E-state index contributed by atoms with van der Waals surface area (Å²) >= 11 is 3.30. The summed E-state index contributed by atoms with van der Waals surface area (Å²) in [6, 6.07) is 5.19. The summed E-state index contributed by atoms with van der Waals surface area (Å²) in [4.78, 5) is 11.6. The smallest absolute Gasteiger partial charge is 0.411 e. The van der Waals surface area contributed by atoms with Crippen LogP contribution in [0.25, 0.3) is 0 Å². The SMILES string of the molecule is COc1ccc(CC(=O)CCOCC(F)(F)F)cc1Br. The lowest BCUT2D eigenvalue weighted by molar-refractivity contribution is -0.174. The third kappa shape index (κ3) is 6.38. The van der Waals surface area contributed by atoms with E-state index in [0.29, 0.717) is 5.75 Å². The van der Waals surface area contributed by atoms with E-state index in [4.69, 9.17) is 4.74 Å². The Morgan fingerprint density at radius 3 is 2.60 bits per heavy atom. The van der Waals surface area contributed by atoms with E-state index in [1.54, 1.807) is 18.2 Å². The van der Waals surface area contributed by atoms with Crippen molar-refractivity contribution in [2.75, 3.05) is 20.3 Å². The average molecular weight is 355 g/mol. The molecule has 112 valence electrons. The van der Waals surface area contributed by atoms with Gasteiger partial charge in [-0.3, -0.25) is 4.79 Å². The van der Waals surface area contributed by atoms with Gasteiger partial charge in [0.05, 0.1) is 18.2 Å². The quantitative estimate of drug-likeness (QED) is 0.702. The predicted octanol–water partition coefficient (Wildman–Crippen LogP) is 3.54. The van der Waals surface area contributed by atoms with Gasteiger partial charge in [-0.1, -0.05) is 6.07 Å². The third-order valence-corrected chi connectivity index (χ3v) is 3.03. The minimum atomic E-state index is -4.36. The van der Waals surface area contributed by atoms with Crippen LogP contribution in [0.3, 0.4) is 0 Å². The number of ether oxygens (including phenoxy) is 2. The van der Waals surface area contributed by atoms with Crippen LogP contribution >= 0.6 is 15.9 Å². The molecule has 20 heavy (non-hydrogen) atoms. The van der Waals surface area contributed by atoms with Gasteiger partial charge >= 0.3 is 6.18 Å². The highest BCUT2D eigenvalue weighted by atomic mass is 79.9. The number of Topliss-reactive ketones (excluding diaryl/α,β-unsaturated/α-hetero) is 1. The molecule has 0 spiro atoms. The van der Waals surface area contributed by atoms with Crippen molar-refractivity contribution in [1.82, 2.24) is 0 Å². The van der Waals surface area contributed by atoms with Crippen molar-refractivity contribution in [3.05, 3.63) is 28.2 Å². The standard InChI is InChI=1S/C13H14BrF3O3/c1-19-12-3-2-9(7-11(12)14)6-10(18)4-5-20-8-13(15,16)17/h2-3,7H,4-6,8H2,1H3. The van der Waals surface area contributed by atoms with Gasteiger partial charge in [0.25, 0.3) is 0 Å². The molecular formula is C13H14BrF3O3. The number of hydrogen-bond donors (Lipinski definition) is 0. The number of alkyl halides is 3. The summed E-state index contributed by atoms with van der Waals surface area (Å²) in [7, 11) is 1.53. The van der Waals surface area contributed by atoms with Crippen LogP contribution in [0.15, 0.2) is 22.7 Å². The summed E-state index contributed by atoms with van der Waals surface area (Å²) in [5.74, 6) is 0.471. The summed E-state index contributed by atoms with van der Waals surface area (Å²) in [6.45, 7) is -1.55. The molecule has 0 heterocycles. The molecule has 1 rings (SSSR count). The summed E-state index contributed by atoms with van der Waals surface area (Å²) in [5, 5.41) is 0. The van der Waals surface area contributed by atoms with E-state index in [9.17, 15) is 18.0 Å². The van der Waals surface area contributed by atoms with Crippen LogP contribution in [0.4, 0.5) is 13.2 Å². The Balaban J connectivity index is 2.37. The Hall–Kier alpha value is -1.08. The lowest BCUT2D eigenvalue weighted by Gasteiger charge is -2.08. The van der Waals surface area contributed by atoms with Gasteiger partial charge in [-0.2, -0.15) is 13.2 Å². The van der Waals surface area contributed by atoms with Crippen LogP contribution in [0, 0.1) is 0 Å². The van der Waals surface area contributed by atoms with Crippen molar-refractivity contribution < 1.29 is 27.4 Å². The molecule has 1 aromatic carbocycles. The van der Waals surface area contributed by atoms with Gasteiger partial charge in [0.15, 0.2) is 0 Å². The van der Waals surface area contributed by atoms with Crippen LogP contribution in [0.5, 0.6) is 5.75 Å². The highest BCUT2D eigenvalue weighted by Crippen LogP contribution is 2.25. The molecule has 1 aromatic rings. The number of halogens is 4. The molecule has 0 aliphatic carbocycles. The summed E-state index contributed by atoms with van der Waals surface area (Å²) in [5.41, 5.74) is 0.762. The number of carbonyl (C=O) groups excluding carboxylic acids is 1. The molecule has 0 fully saturated rings. The molecule has 0 aliphatic rings. The van der Waals surface area contributed by atoms with E-state index in [0.717, 1.165) is 10.0 Å². The second-order valence-corrected chi connectivity index (χ2v) is 4.96. The van der Waals surface area contributed by atoms with Crippen molar-refractivity contribution in [2.45, 2.75) is 19.0 Å². The first-order valence-electron chi connectivity index (χ1n) is 5.80. The van der Waals surface area contributed by atoms with Gasteiger partial charge in [0, 0.05) is 12.8 Å². The number of rotatable bonds is 7. The van der Waals surface area contributed by atoms with Gasteiger partial charge in [-0.25, -0.2) is 0 Å². The molecule has 0 radical (unpaired) electrons. The van der Waals surface area contributed by atoms with E-state index in [-0.39, 0.29) is 25.2 Å².